The fraction of sp³-hybridized carbons (Fsp3) is 0. The Hall–Kier alpha value is -6.12. The molecule has 0 spiro atoms. The molecule has 0 amide bonds. The first-order valence-corrected chi connectivity index (χ1v) is 15.9. The van der Waals surface area contributed by atoms with Gasteiger partial charge < -0.3 is 9.13 Å². The highest BCUT2D eigenvalue weighted by Crippen LogP contribution is 2.43. The van der Waals surface area contributed by atoms with E-state index in [2.05, 4.69) is 179 Å². The summed E-state index contributed by atoms with van der Waals surface area (Å²) in [5.41, 5.74) is 9.68. The fourth-order valence-corrected chi connectivity index (χ4v) is 7.71. The van der Waals surface area contributed by atoms with E-state index in [0.29, 0.717) is 0 Å². The lowest BCUT2D eigenvalue weighted by Crippen LogP contribution is -1.96. The molecule has 0 saturated heterocycles. The molecule has 0 N–H and O–H groups in total. The maximum atomic E-state index is 2.49. The largest absolute Gasteiger partial charge is 0.309 e. The Labute approximate surface area is 266 Å². The number of fused-ring (bicyclic) bond motifs is 10. The first-order valence-electron chi connectivity index (χ1n) is 15.9. The van der Waals surface area contributed by atoms with Crippen molar-refractivity contribution in [3.05, 3.63) is 170 Å². The van der Waals surface area contributed by atoms with Gasteiger partial charge in [0.2, 0.25) is 0 Å². The van der Waals surface area contributed by atoms with Crippen LogP contribution in [-0.2, 0) is 0 Å². The number of nitrogens with zero attached hydrogens (tertiary/aromatic N) is 2. The van der Waals surface area contributed by atoms with E-state index in [-0.39, 0.29) is 0 Å². The molecule has 46 heavy (non-hydrogen) atoms. The van der Waals surface area contributed by atoms with Gasteiger partial charge in [-0.1, -0.05) is 127 Å². The first kappa shape index (κ1) is 25.2. The van der Waals surface area contributed by atoms with Gasteiger partial charge in [0.25, 0.3) is 0 Å². The average Bonchev–Trinajstić information content (AvgIpc) is 3.64. The number of hydrogen-bond acceptors (Lipinski definition) is 0. The zero-order chi connectivity index (χ0) is 30.2. The second-order valence-corrected chi connectivity index (χ2v) is 12.1. The Bertz CT molecular complexity index is 2780. The molecule has 0 aliphatic carbocycles. The van der Waals surface area contributed by atoms with Crippen LogP contribution in [0.3, 0.4) is 0 Å². The second-order valence-electron chi connectivity index (χ2n) is 12.1. The smallest absolute Gasteiger partial charge is 0.0549 e. The molecule has 0 aliphatic rings. The molecule has 0 atom stereocenters. The van der Waals surface area contributed by atoms with Gasteiger partial charge in [-0.2, -0.15) is 0 Å². The van der Waals surface area contributed by atoms with E-state index in [9.17, 15) is 0 Å². The SMILES string of the molecule is c1ccc(-c2ccc(-n3c4ccccc4c4c5c6ccccc6n(-c6cc7ccccc7c7ccccc67)c5ccc43)cc2)cc1. The fourth-order valence-electron chi connectivity index (χ4n) is 7.71. The molecule has 2 heteroatoms. The van der Waals surface area contributed by atoms with E-state index < -0.39 is 0 Å². The molecule has 8 aromatic carbocycles. The van der Waals surface area contributed by atoms with Crippen molar-refractivity contribution >= 4 is 65.2 Å². The van der Waals surface area contributed by atoms with Gasteiger partial charge in [0.1, 0.15) is 0 Å². The number of aromatic nitrogens is 2. The number of para-hydroxylation sites is 2. The maximum absolute atomic E-state index is 2.49. The van der Waals surface area contributed by atoms with Crippen LogP contribution in [0.4, 0.5) is 0 Å². The summed E-state index contributed by atoms with van der Waals surface area (Å²) in [6, 6.07) is 61.9. The second kappa shape index (κ2) is 9.69. The minimum absolute atomic E-state index is 1.16. The van der Waals surface area contributed by atoms with Crippen LogP contribution in [0.5, 0.6) is 0 Å². The predicted molar refractivity (Wildman–Crippen MR) is 196 cm³/mol. The van der Waals surface area contributed by atoms with E-state index in [4.69, 9.17) is 0 Å². The molecule has 10 aromatic rings. The third kappa shape index (κ3) is 3.53. The molecular weight excluding hydrogens is 556 g/mol. The van der Waals surface area contributed by atoms with Crippen molar-refractivity contribution in [2.24, 2.45) is 0 Å². The van der Waals surface area contributed by atoms with Gasteiger partial charge in [-0.3, -0.25) is 0 Å². The van der Waals surface area contributed by atoms with Gasteiger partial charge in [0.15, 0.2) is 0 Å². The molecule has 0 aliphatic heterocycles. The van der Waals surface area contributed by atoms with E-state index in [1.807, 2.05) is 0 Å². The number of benzene rings is 8. The van der Waals surface area contributed by atoms with Crippen molar-refractivity contribution in [1.29, 1.82) is 0 Å². The minimum atomic E-state index is 1.16. The summed E-state index contributed by atoms with van der Waals surface area (Å²) in [7, 11) is 0. The van der Waals surface area contributed by atoms with Gasteiger partial charge in [-0.05, 0) is 69.8 Å². The molecule has 2 heterocycles. The highest BCUT2D eigenvalue weighted by atomic mass is 15.0. The summed E-state index contributed by atoms with van der Waals surface area (Å²) in [5, 5.41) is 10.2. The van der Waals surface area contributed by atoms with Crippen LogP contribution in [0.1, 0.15) is 0 Å². The Kier molecular flexibility index (Phi) is 5.31. The maximum Gasteiger partial charge on any atom is 0.0549 e. The third-order valence-electron chi connectivity index (χ3n) is 9.69. The molecule has 0 saturated carbocycles. The Balaban J connectivity index is 1.31. The third-order valence-corrected chi connectivity index (χ3v) is 9.69. The summed E-state index contributed by atoms with van der Waals surface area (Å²) >= 11 is 0. The lowest BCUT2D eigenvalue weighted by atomic mass is 10.00. The molecule has 2 nitrogen and oxygen atoms in total. The molecule has 214 valence electrons. The molecular formula is C44H28N2. The summed E-state index contributed by atoms with van der Waals surface area (Å²) in [4.78, 5) is 0. The van der Waals surface area contributed by atoms with Gasteiger partial charge in [-0.25, -0.2) is 0 Å². The Morgan fingerprint density at radius 2 is 0.804 bits per heavy atom. The summed E-state index contributed by atoms with van der Waals surface area (Å²) in [5.74, 6) is 0. The molecule has 0 unspecified atom stereocenters. The summed E-state index contributed by atoms with van der Waals surface area (Å²) in [6.45, 7) is 0. The molecule has 2 aromatic heterocycles. The van der Waals surface area contributed by atoms with Crippen LogP contribution in [0.2, 0.25) is 0 Å². The zero-order valence-corrected chi connectivity index (χ0v) is 25.1. The van der Waals surface area contributed by atoms with Crippen LogP contribution < -0.4 is 0 Å². The van der Waals surface area contributed by atoms with Crippen LogP contribution in [-0.4, -0.2) is 9.13 Å². The first-order chi connectivity index (χ1) is 22.8. The van der Waals surface area contributed by atoms with Crippen molar-refractivity contribution in [2.75, 3.05) is 0 Å². The van der Waals surface area contributed by atoms with Gasteiger partial charge in [-0.15, -0.1) is 0 Å². The van der Waals surface area contributed by atoms with Crippen molar-refractivity contribution in [3.63, 3.8) is 0 Å². The average molecular weight is 585 g/mol. The quantitative estimate of drug-likeness (QED) is 0.183. The van der Waals surface area contributed by atoms with Crippen LogP contribution in [0.15, 0.2) is 170 Å². The minimum Gasteiger partial charge on any atom is -0.309 e. The Morgan fingerprint density at radius 3 is 1.50 bits per heavy atom. The highest BCUT2D eigenvalue weighted by Gasteiger charge is 2.21. The van der Waals surface area contributed by atoms with E-state index in [1.54, 1.807) is 0 Å². The van der Waals surface area contributed by atoms with Gasteiger partial charge in [0, 0.05) is 32.6 Å². The lowest BCUT2D eigenvalue weighted by Gasteiger charge is -2.14. The topological polar surface area (TPSA) is 9.86 Å². The molecule has 0 radical (unpaired) electrons. The lowest BCUT2D eigenvalue weighted by molar-refractivity contribution is 1.18. The van der Waals surface area contributed by atoms with Gasteiger partial charge in [0.05, 0.1) is 27.8 Å². The van der Waals surface area contributed by atoms with Crippen molar-refractivity contribution in [1.82, 2.24) is 9.13 Å². The van der Waals surface area contributed by atoms with E-state index >= 15 is 0 Å². The zero-order valence-electron chi connectivity index (χ0n) is 25.1. The van der Waals surface area contributed by atoms with Crippen molar-refractivity contribution in [3.8, 4) is 22.5 Å². The monoisotopic (exact) mass is 584 g/mol. The standard InChI is InChI=1S/C44H28N2/c1-2-12-29(13-3-1)30-22-24-32(25-23-30)45-38-20-10-8-18-36(38)43-40(45)26-27-41-44(43)37-19-9-11-21-39(37)46(41)42-28-31-14-4-5-15-33(31)34-16-6-7-17-35(34)42/h1-28H. The summed E-state index contributed by atoms with van der Waals surface area (Å²) in [6.07, 6.45) is 0. The van der Waals surface area contributed by atoms with Crippen molar-refractivity contribution < 1.29 is 0 Å². The van der Waals surface area contributed by atoms with E-state index in [0.717, 1.165) is 5.69 Å². The number of rotatable bonds is 3. The molecule has 0 bridgehead atoms. The Morgan fingerprint density at radius 1 is 0.304 bits per heavy atom. The van der Waals surface area contributed by atoms with Crippen molar-refractivity contribution in [2.45, 2.75) is 0 Å². The summed E-state index contributed by atoms with van der Waals surface area (Å²) < 4.78 is 4.91. The van der Waals surface area contributed by atoms with Crippen LogP contribution in [0, 0.1) is 0 Å². The van der Waals surface area contributed by atoms with Crippen LogP contribution in [0.25, 0.3) is 87.7 Å². The molecule has 0 fully saturated rings. The van der Waals surface area contributed by atoms with Gasteiger partial charge >= 0.3 is 0 Å². The number of hydrogen-bond donors (Lipinski definition) is 0. The normalized spacial score (nSPS) is 11.9. The molecule has 10 rings (SSSR count). The highest BCUT2D eigenvalue weighted by molar-refractivity contribution is 6.29. The van der Waals surface area contributed by atoms with E-state index in [1.165, 1.54) is 82.0 Å². The van der Waals surface area contributed by atoms with Crippen LogP contribution >= 0.6 is 0 Å². The predicted octanol–water partition coefficient (Wildman–Crippen LogP) is 11.9.